The molecule has 230 valence electrons. The van der Waals surface area contributed by atoms with E-state index in [2.05, 4.69) is 0 Å². The second-order valence-electron chi connectivity index (χ2n) is 9.23. The van der Waals surface area contributed by atoms with Crippen LogP contribution in [0.15, 0.2) is 107 Å². The number of carboxylic acids is 2. The lowest BCUT2D eigenvalue weighted by Gasteiger charge is -2.28. The van der Waals surface area contributed by atoms with Crippen molar-refractivity contribution in [3.05, 3.63) is 97.1 Å². The van der Waals surface area contributed by atoms with E-state index < -0.39 is 45.1 Å². The lowest BCUT2D eigenvalue weighted by atomic mass is 10.0. The van der Waals surface area contributed by atoms with Gasteiger partial charge in [-0.3, -0.25) is 18.2 Å². The van der Waals surface area contributed by atoms with Gasteiger partial charge in [0.05, 0.1) is 35.4 Å². The van der Waals surface area contributed by atoms with E-state index in [-0.39, 0.29) is 26.7 Å². The SMILES string of the molecule is COc1ccc(S(=O)(=O)N(CC(=O)O)c2ccc(N(CC(=O)O)S(=O)(=O)c3ccc(OC)cc3)c(-c3ccccc3)c2)cc1. The van der Waals surface area contributed by atoms with Crippen molar-refractivity contribution in [3.8, 4) is 22.6 Å². The fraction of sp³-hybridized carbons (Fsp3) is 0.133. The summed E-state index contributed by atoms with van der Waals surface area (Å²) >= 11 is 0. The molecule has 0 aliphatic rings. The van der Waals surface area contributed by atoms with E-state index in [9.17, 15) is 36.6 Å². The maximum atomic E-state index is 13.8. The molecule has 0 aliphatic heterocycles. The average molecular weight is 641 g/mol. The van der Waals surface area contributed by atoms with Gasteiger partial charge < -0.3 is 19.7 Å². The highest BCUT2D eigenvalue weighted by atomic mass is 32.2. The predicted octanol–water partition coefficient (Wildman–Crippen LogP) is 3.93. The van der Waals surface area contributed by atoms with Crippen LogP contribution in [-0.4, -0.2) is 66.3 Å². The first kappa shape index (κ1) is 31.8. The third-order valence-corrected chi connectivity index (χ3v) is 10.0. The third kappa shape index (κ3) is 6.76. The molecule has 0 bridgehead atoms. The number of hydrogen-bond donors (Lipinski definition) is 2. The number of benzene rings is 4. The van der Waals surface area contributed by atoms with Crippen LogP contribution in [-0.2, 0) is 29.6 Å². The van der Waals surface area contributed by atoms with Gasteiger partial charge in [0.2, 0.25) is 0 Å². The summed E-state index contributed by atoms with van der Waals surface area (Å²) in [7, 11) is -6.09. The summed E-state index contributed by atoms with van der Waals surface area (Å²) in [5.74, 6) is -2.11. The molecule has 0 heterocycles. The number of nitrogens with zero attached hydrogens (tertiary/aromatic N) is 2. The monoisotopic (exact) mass is 640 g/mol. The molecule has 2 N–H and O–H groups in total. The quantitative estimate of drug-likeness (QED) is 0.218. The molecule has 14 heteroatoms. The van der Waals surface area contributed by atoms with Gasteiger partial charge in [0.1, 0.15) is 24.6 Å². The van der Waals surface area contributed by atoms with Gasteiger partial charge in [-0.2, -0.15) is 0 Å². The Morgan fingerprint density at radius 2 is 1.09 bits per heavy atom. The first-order valence-electron chi connectivity index (χ1n) is 12.8. The maximum absolute atomic E-state index is 13.8. The van der Waals surface area contributed by atoms with Crippen LogP contribution in [0.25, 0.3) is 11.1 Å². The summed E-state index contributed by atoms with van der Waals surface area (Å²) in [5.41, 5.74) is 0.391. The van der Waals surface area contributed by atoms with Gasteiger partial charge in [0.15, 0.2) is 0 Å². The maximum Gasteiger partial charge on any atom is 0.324 e. The van der Waals surface area contributed by atoms with Crippen molar-refractivity contribution >= 4 is 43.4 Å². The number of aliphatic carboxylic acids is 2. The number of methoxy groups -OCH3 is 2. The van der Waals surface area contributed by atoms with Gasteiger partial charge in [-0.05, 0) is 72.3 Å². The van der Waals surface area contributed by atoms with Gasteiger partial charge in [-0.1, -0.05) is 30.3 Å². The minimum absolute atomic E-state index is 0.0738. The Bertz CT molecular complexity index is 1860. The number of anilines is 2. The second-order valence-corrected chi connectivity index (χ2v) is 13.0. The Balaban J connectivity index is 1.94. The van der Waals surface area contributed by atoms with E-state index in [4.69, 9.17) is 9.47 Å². The third-order valence-electron chi connectivity index (χ3n) is 6.47. The van der Waals surface area contributed by atoms with Gasteiger partial charge in [-0.15, -0.1) is 0 Å². The van der Waals surface area contributed by atoms with Crippen molar-refractivity contribution in [3.63, 3.8) is 0 Å². The first-order chi connectivity index (χ1) is 20.9. The van der Waals surface area contributed by atoms with E-state index in [0.29, 0.717) is 25.7 Å². The van der Waals surface area contributed by atoms with Crippen molar-refractivity contribution in [2.24, 2.45) is 0 Å². The van der Waals surface area contributed by atoms with Crippen LogP contribution in [0, 0.1) is 0 Å². The van der Waals surface area contributed by atoms with E-state index in [1.807, 2.05) is 0 Å². The summed E-state index contributed by atoms with van der Waals surface area (Å²) in [5, 5.41) is 19.4. The van der Waals surface area contributed by atoms with Gasteiger partial charge in [0, 0.05) is 5.56 Å². The van der Waals surface area contributed by atoms with Crippen molar-refractivity contribution in [2.45, 2.75) is 9.79 Å². The number of rotatable bonds is 13. The molecule has 4 rings (SSSR count). The Morgan fingerprint density at radius 1 is 0.636 bits per heavy atom. The van der Waals surface area contributed by atoms with E-state index in [1.165, 1.54) is 80.9 Å². The summed E-state index contributed by atoms with van der Waals surface area (Å²) in [4.78, 5) is 23.4. The lowest BCUT2D eigenvalue weighted by molar-refractivity contribution is -0.136. The zero-order chi connectivity index (χ0) is 32.1. The standard InChI is InChI=1S/C30H28N2O10S2/c1-41-23-9-13-25(14-10-23)43(37,38)31(19-29(33)34)22-8-17-28(27(18-22)21-6-4-3-5-7-21)32(20-30(35)36)44(39,40)26-15-11-24(42-2)12-16-26/h3-18H,19-20H2,1-2H3,(H,33,34)(H,35,36). The molecule has 0 fully saturated rings. The topological polar surface area (TPSA) is 168 Å². The Hall–Kier alpha value is -5.08. The lowest BCUT2D eigenvalue weighted by Crippen LogP contribution is -2.37. The van der Waals surface area contributed by atoms with Gasteiger partial charge in [-0.25, -0.2) is 16.8 Å². The normalized spacial score (nSPS) is 11.4. The molecular formula is C30H28N2O10S2. The molecule has 0 aliphatic carbocycles. The second kappa shape index (κ2) is 13.1. The first-order valence-corrected chi connectivity index (χ1v) is 15.7. The van der Waals surface area contributed by atoms with E-state index in [0.717, 1.165) is 0 Å². The highest BCUT2D eigenvalue weighted by molar-refractivity contribution is 7.93. The molecular weight excluding hydrogens is 612 g/mol. The van der Waals surface area contributed by atoms with Crippen LogP contribution >= 0.6 is 0 Å². The molecule has 4 aromatic carbocycles. The Kier molecular flexibility index (Phi) is 9.45. The molecule has 0 saturated heterocycles. The zero-order valence-electron chi connectivity index (χ0n) is 23.5. The average Bonchev–Trinajstić information content (AvgIpc) is 3.02. The van der Waals surface area contributed by atoms with Crippen LogP contribution in [0.2, 0.25) is 0 Å². The number of sulfonamides is 2. The van der Waals surface area contributed by atoms with E-state index >= 15 is 0 Å². The summed E-state index contributed by atoms with van der Waals surface area (Å²) in [6, 6.07) is 22.8. The minimum atomic E-state index is -4.48. The molecule has 44 heavy (non-hydrogen) atoms. The van der Waals surface area contributed by atoms with Crippen LogP contribution in [0.1, 0.15) is 0 Å². The fourth-order valence-electron chi connectivity index (χ4n) is 4.36. The Morgan fingerprint density at radius 3 is 1.55 bits per heavy atom. The van der Waals surface area contributed by atoms with Crippen LogP contribution in [0.4, 0.5) is 11.4 Å². The number of carbonyl (C=O) groups is 2. The fourth-order valence-corrected chi connectivity index (χ4v) is 7.19. The predicted molar refractivity (Wildman–Crippen MR) is 162 cm³/mol. The van der Waals surface area contributed by atoms with Gasteiger partial charge in [0.25, 0.3) is 20.0 Å². The van der Waals surface area contributed by atoms with Crippen molar-refractivity contribution in [2.75, 3.05) is 35.9 Å². The molecule has 0 spiro atoms. The zero-order valence-corrected chi connectivity index (χ0v) is 25.2. The minimum Gasteiger partial charge on any atom is -0.497 e. The highest BCUT2D eigenvalue weighted by Gasteiger charge is 2.32. The number of carboxylic acid groups (broad SMARTS) is 2. The molecule has 0 unspecified atom stereocenters. The molecule has 0 saturated carbocycles. The summed E-state index contributed by atoms with van der Waals surface area (Å²) in [6.07, 6.45) is 0. The van der Waals surface area contributed by atoms with Crippen LogP contribution < -0.4 is 18.1 Å². The summed E-state index contributed by atoms with van der Waals surface area (Å²) < 4.78 is 66.6. The highest BCUT2D eigenvalue weighted by Crippen LogP contribution is 2.38. The van der Waals surface area contributed by atoms with Crippen molar-refractivity contribution in [1.29, 1.82) is 0 Å². The van der Waals surface area contributed by atoms with Crippen LogP contribution in [0.5, 0.6) is 11.5 Å². The number of ether oxygens (including phenoxy) is 2. The molecule has 0 radical (unpaired) electrons. The molecule has 0 aromatic heterocycles. The molecule has 4 aromatic rings. The van der Waals surface area contributed by atoms with Crippen molar-refractivity contribution < 1.29 is 46.1 Å². The van der Waals surface area contributed by atoms with Crippen LogP contribution in [0.3, 0.4) is 0 Å². The summed E-state index contributed by atoms with van der Waals surface area (Å²) in [6.45, 7) is -1.92. The van der Waals surface area contributed by atoms with E-state index in [1.54, 1.807) is 30.3 Å². The van der Waals surface area contributed by atoms with Crippen molar-refractivity contribution in [1.82, 2.24) is 0 Å². The molecule has 12 nitrogen and oxygen atoms in total. The smallest absolute Gasteiger partial charge is 0.324 e. The number of hydrogen-bond acceptors (Lipinski definition) is 8. The largest absolute Gasteiger partial charge is 0.497 e. The molecule has 0 atom stereocenters. The van der Waals surface area contributed by atoms with Gasteiger partial charge >= 0.3 is 11.9 Å². The Labute approximate surface area is 254 Å². The molecule has 0 amide bonds.